The molecular formula is C20H21NO6. The summed E-state index contributed by atoms with van der Waals surface area (Å²) in [5, 5.41) is 2.62. The number of hydrogen-bond acceptors (Lipinski definition) is 6. The van der Waals surface area contributed by atoms with E-state index in [9.17, 15) is 14.4 Å². The molecule has 0 spiro atoms. The van der Waals surface area contributed by atoms with E-state index in [0.29, 0.717) is 17.1 Å². The Bertz CT molecular complexity index is 942. The van der Waals surface area contributed by atoms with Gasteiger partial charge in [0.1, 0.15) is 17.1 Å². The first-order valence-corrected chi connectivity index (χ1v) is 8.67. The number of carbonyl (C=O) groups excluding carboxylic acids is 2. The van der Waals surface area contributed by atoms with Crippen molar-refractivity contribution in [2.75, 3.05) is 19.5 Å². The van der Waals surface area contributed by atoms with Crippen molar-refractivity contribution >= 4 is 17.6 Å². The third-order valence-corrected chi connectivity index (χ3v) is 4.77. The average molecular weight is 371 g/mol. The van der Waals surface area contributed by atoms with Gasteiger partial charge in [0.05, 0.1) is 25.5 Å². The molecule has 0 bridgehead atoms. The van der Waals surface area contributed by atoms with Crippen molar-refractivity contribution in [1.82, 2.24) is 0 Å². The second kappa shape index (κ2) is 7.65. The molecule has 1 heterocycles. The Balaban J connectivity index is 1.91. The van der Waals surface area contributed by atoms with Crippen molar-refractivity contribution in [1.29, 1.82) is 0 Å². The van der Waals surface area contributed by atoms with Crippen LogP contribution >= 0.6 is 0 Å². The molecule has 3 rings (SSSR count). The highest BCUT2D eigenvalue weighted by Crippen LogP contribution is 2.36. The zero-order chi connectivity index (χ0) is 19.6. The van der Waals surface area contributed by atoms with Crippen LogP contribution in [0.1, 0.15) is 57.2 Å². The first kappa shape index (κ1) is 18.7. The van der Waals surface area contributed by atoms with E-state index < -0.39 is 17.5 Å². The molecule has 1 aliphatic carbocycles. The molecule has 1 aromatic heterocycles. The maximum absolute atomic E-state index is 12.7. The standard InChI is InChI=1S/C20H21NO6/c1-11-9-16(12-5-4-6-12)27-20(24)17(11)18(22)21-14-10-13(19(23)26-3)7-8-15(14)25-2/h7-10,12H,4-6H2,1-3H3,(H,21,22). The van der Waals surface area contributed by atoms with Crippen LogP contribution in [0.2, 0.25) is 0 Å². The summed E-state index contributed by atoms with van der Waals surface area (Å²) in [6.45, 7) is 1.70. The molecule has 1 saturated carbocycles. The van der Waals surface area contributed by atoms with Crippen LogP contribution in [0.25, 0.3) is 0 Å². The van der Waals surface area contributed by atoms with Gasteiger partial charge in [0.15, 0.2) is 0 Å². The number of methoxy groups -OCH3 is 2. The van der Waals surface area contributed by atoms with Crippen LogP contribution in [0, 0.1) is 6.92 Å². The van der Waals surface area contributed by atoms with Crippen LogP contribution in [0.4, 0.5) is 5.69 Å². The first-order valence-electron chi connectivity index (χ1n) is 8.67. The summed E-state index contributed by atoms with van der Waals surface area (Å²) in [6.07, 6.45) is 3.10. The summed E-state index contributed by atoms with van der Waals surface area (Å²) in [7, 11) is 2.71. The Morgan fingerprint density at radius 3 is 2.48 bits per heavy atom. The molecule has 0 radical (unpaired) electrons. The largest absolute Gasteiger partial charge is 0.495 e. The van der Waals surface area contributed by atoms with Crippen LogP contribution in [-0.2, 0) is 4.74 Å². The van der Waals surface area contributed by atoms with Crippen molar-refractivity contribution < 1.29 is 23.5 Å². The highest BCUT2D eigenvalue weighted by atomic mass is 16.5. The number of hydrogen-bond donors (Lipinski definition) is 1. The maximum atomic E-state index is 12.7. The summed E-state index contributed by atoms with van der Waals surface area (Å²) in [5.74, 6) is 0.0652. The lowest BCUT2D eigenvalue weighted by Gasteiger charge is -2.24. The quantitative estimate of drug-likeness (QED) is 0.811. The summed E-state index contributed by atoms with van der Waals surface area (Å²) in [6, 6.07) is 6.24. The van der Waals surface area contributed by atoms with Crippen molar-refractivity contribution in [3.63, 3.8) is 0 Å². The van der Waals surface area contributed by atoms with E-state index in [4.69, 9.17) is 9.15 Å². The normalized spacial score (nSPS) is 13.6. The van der Waals surface area contributed by atoms with Crippen molar-refractivity contribution in [2.24, 2.45) is 0 Å². The van der Waals surface area contributed by atoms with Crippen molar-refractivity contribution in [2.45, 2.75) is 32.1 Å². The fourth-order valence-electron chi connectivity index (χ4n) is 3.04. The molecule has 0 unspecified atom stereocenters. The third kappa shape index (κ3) is 3.72. The molecule has 142 valence electrons. The number of aryl methyl sites for hydroxylation is 1. The highest BCUT2D eigenvalue weighted by molar-refractivity contribution is 6.06. The predicted molar refractivity (Wildman–Crippen MR) is 98.6 cm³/mol. The Kier molecular flexibility index (Phi) is 5.30. The molecule has 0 saturated heterocycles. The summed E-state index contributed by atoms with van der Waals surface area (Å²) >= 11 is 0. The Hall–Kier alpha value is -3.09. The van der Waals surface area contributed by atoms with Gasteiger partial charge >= 0.3 is 11.6 Å². The number of esters is 1. The van der Waals surface area contributed by atoms with E-state index in [0.717, 1.165) is 19.3 Å². The van der Waals surface area contributed by atoms with Gasteiger partial charge in [0.2, 0.25) is 0 Å². The van der Waals surface area contributed by atoms with Crippen LogP contribution in [-0.4, -0.2) is 26.1 Å². The monoisotopic (exact) mass is 371 g/mol. The molecule has 1 aliphatic rings. The zero-order valence-electron chi connectivity index (χ0n) is 15.5. The van der Waals surface area contributed by atoms with E-state index in [1.165, 1.54) is 32.4 Å². The third-order valence-electron chi connectivity index (χ3n) is 4.77. The molecule has 1 N–H and O–H groups in total. The van der Waals surface area contributed by atoms with Crippen LogP contribution in [0.5, 0.6) is 5.75 Å². The number of rotatable bonds is 5. The van der Waals surface area contributed by atoms with Gasteiger partial charge in [-0.2, -0.15) is 0 Å². The number of nitrogens with one attached hydrogen (secondary N) is 1. The zero-order valence-corrected chi connectivity index (χ0v) is 15.5. The molecule has 1 aromatic carbocycles. The fourth-order valence-corrected chi connectivity index (χ4v) is 3.04. The second-order valence-electron chi connectivity index (χ2n) is 6.48. The lowest BCUT2D eigenvalue weighted by Crippen LogP contribution is -2.24. The number of benzene rings is 1. The molecule has 7 nitrogen and oxygen atoms in total. The molecular weight excluding hydrogens is 350 g/mol. The van der Waals surface area contributed by atoms with Crippen molar-refractivity contribution in [3.8, 4) is 5.75 Å². The Morgan fingerprint density at radius 2 is 1.93 bits per heavy atom. The summed E-state index contributed by atoms with van der Waals surface area (Å²) < 4.78 is 15.3. The number of ether oxygens (including phenoxy) is 2. The minimum atomic E-state index is -0.669. The molecule has 27 heavy (non-hydrogen) atoms. The Morgan fingerprint density at radius 1 is 1.19 bits per heavy atom. The van der Waals surface area contributed by atoms with E-state index >= 15 is 0 Å². The minimum absolute atomic E-state index is 0.0661. The van der Waals surface area contributed by atoms with Crippen LogP contribution < -0.4 is 15.7 Å². The average Bonchev–Trinajstić information content (AvgIpc) is 2.58. The van der Waals surface area contributed by atoms with Gasteiger partial charge in [-0.3, -0.25) is 4.79 Å². The van der Waals surface area contributed by atoms with Crippen LogP contribution in [0.3, 0.4) is 0 Å². The molecule has 2 aromatic rings. The lowest BCUT2D eigenvalue weighted by atomic mass is 9.83. The van der Waals surface area contributed by atoms with Gasteiger partial charge in [-0.15, -0.1) is 0 Å². The smallest absolute Gasteiger partial charge is 0.349 e. The number of anilines is 1. The second-order valence-corrected chi connectivity index (χ2v) is 6.48. The first-order chi connectivity index (χ1) is 12.9. The predicted octanol–water partition coefficient (Wildman–Crippen LogP) is 3.26. The molecule has 0 atom stereocenters. The van der Waals surface area contributed by atoms with Gasteiger partial charge in [-0.25, -0.2) is 9.59 Å². The molecule has 0 aliphatic heterocycles. The Labute approximate surface area is 156 Å². The van der Waals surface area contributed by atoms with Gasteiger partial charge < -0.3 is 19.2 Å². The number of carbonyl (C=O) groups is 2. The highest BCUT2D eigenvalue weighted by Gasteiger charge is 2.25. The summed E-state index contributed by atoms with van der Waals surface area (Å²) in [4.78, 5) is 36.8. The minimum Gasteiger partial charge on any atom is -0.495 e. The van der Waals surface area contributed by atoms with E-state index in [2.05, 4.69) is 10.1 Å². The molecule has 7 heteroatoms. The van der Waals surface area contributed by atoms with Gasteiger partial charge in [0, 0.05) is 5.92 Å². The topological polar surface area (TPSA) is 94.8 Å². The van der Waals surface area contributed by atoms with E-state index in [-0.39, 0.29) is 22.7 Å². The van der Waals surface area contributed by atoms with Gasteiger partial charge in [-0.05, 0) is 49.6 Å². The van der Waals surface area contributed by atoms with Gasteiger partial charge in [-0.1, -0.05) is 6.42 Å². The van der Waals surface area contributed by atoms with Gasteiger partial charge in [0.25, 0.3) is 5.91 Å². The fraction of sp³-hybridized carbons (Fsp3) is 0.350. The van der Waals surface area contributed by atoms with Crippen LogP contribution in [0.15, 0.2) is 33.5 Å². The maximum Gasteiger partial charge on any atom is 0.349 e. The van der Waals surface area contributed by atoms with E-state index in [1.54, 1.807) is 13.0 Å². The van der Waals surface area contributed by atoms with Crippen molar-refractivity contribution in [3.05, 3.63) is 57.1 Å². The summed E-state index contributed by atoms with van der Waals surface area (Å²) in [5.41, 5.74) is 0.319. The SMILES string of the molecule is COC(=O)c1ccc(OC)c(NC(=O)c2c(C)cc(C3CCC3)oc2=O)c1. The molecule has 1 fully saturated rings. The molecule has 1 amide bonds. The van der Waals surface area contributed by atoms with E-state index in [1.807, 2.05) is 0 Å². The lowest BCUT2D eigenvalue weighted by molar-refractivity contribution is 0.0600. The number of amides is 1.